The van der Waals surface area contributed by atoms with E-state index in [1.54, 1.807) is 12.1 Å². The summed E-state index contributed by atoms with van der Waals surface area (Å²) in [5.41, 5.74) is 4.81. The summed E-state index contributed by atoms with van der Waals surface area (Å²) in [6.45, 7) is 4.46. The van der Waals surface area contributed by atoms with Gasteiger partial charge in [0.2, 0.25) is 0 Å². The highest BCUT2D eigenvalue weighted by molar-refractivity contribution is 7.79. The highest BCUT2D eigenvalue weighted by atomic mass is 32.2. The molecule has 8 heteroatoms. The molecular weight excluding hydrogens is 663 g/mol. The van der Waals surface area contributed by atoms with E-state index in [-0.39, 0.29) is 0 Å². The van der Waals surface area contributed by atoms with Crippen molar-refractivity contribution in [2.45, 2.75) is 56.8 Å². The minimum atomic E-state index is -2.03. The Morgan fingerprint density at radius 1 is 0.596 bits per heavy atom. The number of nitrogens with zero attached hydrogens (tertiary/aromatic N) is 2. The molecule has 0 aliphatic rings. The second-order valence-corrected chi connectivity index (χ2v) is 14.6. The molecule has 1 unspecified atom stereocenters. The molecule has 52 heavy (non-hydrogen) atoms. The predicted octanol–water partition coefficient (Wildman–Crippen LogP) is 7.71. The van der Waals surface area contributed by atoms with Gasteiger partial charge in [0.25, 0.3) is 0 Å². The number of unbranched alkanes of at least 4 members (excludes halogenated alkanes) is 3. The van der Waals surface area contributed by atoms with Crippen LogP contribution in [0.3, 0.4) is 0 Å². The summed E-state index contributed by atoms with van der Waals surface area (Å²) >= 11 is -2.03. The van der Waals surface area contributed by atoms with Gasteiger partial charge in [0.15, 0.2) is 11.1 Å². The number of hydrogen-bond donors (Lipinski definition) is 3. The number of benzene rings is 6. The second kappa shape index (κ2) is 16.8. The Morgan fingerprint density at radius 3 is 2.00 bits per heavy atom. The maximum Gasteiger partial charge on any atom is 0.488 e. The molecule has 0 radical (unpaired) electrons. The lowest BCUT2D eigenvalue weighted by Gasteiger charge is -2.25. The van der Waals surface area contributed by atoms with E-state index in [2.05, 4.69) is 82.6 Å². The highest BCUT2D eigenvalue weighted by Crippen LogP contribution is 2.35. The molecule has 0 bridgehead atoms. The van der Waals surface area contributed by atoms with E-state index < -0.39 is 18.2 Å². The Kier molecular flexibility index (Phi) is 11.6. The van der Waals surface area contributed by atoms with Crippen molar-refractivity contribution in [3.05, 3.63) is 156 Å². The maximum absolute atomic E-state index is 12.0. The molecule has 3 N–H and O–H groups in total. The summed E-state index contributed by atoms with van der Waals surface area (Å²) in [6, 6.07) is 47.0. The zero-order valence-corrected chi connectivity index (χ0v) is 30.1. The van der Waals surface area contributed by atoms with Crippen LogP contribution in [0.25, 0.3) is 32.3 Å². The maximum atomic E-state index is 12.0. The number of hydrogen-bond acceptors (Lipinski definition) is 5. The van der Waals surface area contributed by atoms with E-state index in [4.69, 9.17) is 0 Å². The third-order valence-corrected chi connectivity index (χ3v) is 10.9. The van der Waals surface area contributed by atoms with Crippen molar-refractivity contribution in [3.8, 4) is 0 Å². The quantitative estimate of drug-likeness (QED) is 0.0512. The van der Waals surface area contributed by atoms with Gasteiger partial charge in [-0.25, -0.2) is 4.21 Å². The molecule has 0 heterocycles. The molecule has 0 spiro atoms. The molecule has 1 atom stereocenters. The zero-order chi connectivity index (χ0) is 35.9. The first-order chi connectivity index (χ1) is 25.4. The van der Waals surface area contributed by atoms with Crippen LogP contribution in [-0.2, 0) is 37.3 Å². The molecule has 0 aliphatic carbocycles. The van der Waals surface area contributed by atoms with E-state index in [0.29, 0.717) is 23.4 Å². The summed E-state index contributed by atoms with van der Waals surface area (Å²) in [7, 11) is -1.52. The van der Waals surface area contributed by atoms with E-state index in [9.17, 15) is 18.8 Å². The van der Waals surface area contributed by atoms with Crippen molar-refractivity contribution in [2.24, 2.45) is 0 Å². The van der Waals surface area contributed by atoms with Gasteiger partial charge in [0, 0.05) is 37.0 Å². The largest absolute Gasteiger partial charge is 0.488 e. The molecule has 7 rings (SSSR count). The summed E-state index contributed by atoms with van der Waals surface area (Å²) in [5.74, 6) is 0. The van der Waals surface area contributed by atoms with Gasteiger partial charge in [0.05, 0.1) is 4.90 Å². The van der Waals surface area contributed by atoms with Crippen LogP contribution in [0.5, 0.6) is 0 Å². The van der Waals surface area contributed by atoms with Crippen LogP contribution >= 0.6 is 0 Å². The molecule has 0 amide bonds. The minimum absolute atomic E-state index is 0.470. The van der Waals surface area contributed by atoms with E-state index in [0.717, 1.165) is 68.4 Å². The van der Waals surface area contributed by atoms with E-state index in [1.807, 2.05) is 48.5 Å². The molecule has 0 saturated carbocycles. The zero-order valence-electron chi connectivity index (χ0n) is 29.2. The average Bonchev–Trinajstić information content (AvgIpc) is 3.16. The molecule has 7 aromatic rings. The highest BCUT2D eigenvalue weighted by Gasteiger charge is 2.19. The van der Waals surface area contributed by atoms with Crippen LogP contribution in [0.4, 0.5) is 0 Å². The lowest BCUT2D eigenvalue weighted by atomic mass is 9.77. The summed E-state index contributed by atoms with van der Waals surface area (Å²) < 4.78 is 21.9. The average molecular weight is 707 g/mol. The SMILES string of the molecule is O=S(O)c1ccccc1CN(CCCCCCN(Cc1ccccc1B(O)O)Cc1ccc2ccc3c#ccc4ccc1c2c34)Cc1ccccc1. The molecule has 0 saturated heterocycles. The monoisotopic (exact) mass is 706 g/mol. The van der Waals surface area contributed by atoms with Crippen molar-refractivity contribution >= 4 is 56.0 Å². The fourth-order valence-corrected chi connectivity index (χ4v) is 8.09. The van der Waals surface area contributed by atoms with E-state index in [1.165, 1.54) is 38.1 Å². The molecular formula is C44H43BN2O4S. The normalized spacial score (nSPS) is 12.3. The van der Waals surface area contributed by atoms with Gasteiger partial charge >= 0.3 is 7.12 Å². The fraction of sp³-hybridized carbons (Fsp3) is 0.227. The second-order valence-electron chi connectivity index (χ2n) is 13.7. The first-order valence-corrected chi connectivity index (χ1v) is 19.2. The Balaban J connectivity index is 1.05. The molecule has 0 aromatic heterocycles. The van der Waals surface area contributed by atoms with Crippen LogP contribution in [0.15, 0.2) is 126 Å². The van der Waals surface area contributed by atoms with Gasteiger partial charge in [-0.05, 0) is 93.4 Å². The van der Waals surface area contributed by atoms with Crippen molar-refractivity contribution < 1.29 is 18.8 Å². The first-order valence-electron chi connectivity index (χ1n) is 18.0. The van der Waals surface area contributed by atoms with Crippen LogP contribution in [0.2, 0.25) is 0 Å². The summed E-state index contributed by atoms with van der Waals surface area (Å²) in [4.78, 5) is 5.27. The molecule has 6 nitrogen and oxygen atoms in total. The molecule has 262 valence electrons. The van der Waals surface area contributed by atoms with E-state index >= 15 is 0 Å². The Bertz CT molecular complexity index is 2250. The van der Waals surface area contributed by atoms with Crippen LogP contribution in [0.1, 0.15) is 47.9 Å². The van der Waals surface area contributed by atoms with Crippen LogP contribution < -0.4 is 5.46 Å². The lowest BCUT2D eigenvalue weighted by Crippen LogP contribution is -2.36. The predicted molar refractivity (Wildman–Crippen MR) is 213 cm³/mol. The van der Waals surface area contributed by atoms with Crippen molar-refractivity contribution in [3.63, 3.8) is 0 Å². The Labute approximate surface area is 309 Å². The topological polar surface area (TPSA) is 84.2 Å². The van der Waals surface area contributed by atoms with Crippen LogP contribution in [0, 0.1) is 12.1 Å². The van der Waals surface area contributed by atoms with Crippen molar-refractivity contribution in [1.82, 2.24) is 9.80 Å². The third kappa shape index (κ3) is 8.38. The van der Waals surface area contributed by atoms with Gasteiger partial charge < -0.3 is 14.6 Å². The summed E-state index contributed by atoms with van der Waals surface area (Å²) in [5, 5.41) is 27.5. The Hall–Kier alpha value is -4.59. The third-order valence-electron chi connectivity index (χ3n) is 10.1. The van der Waals surface area contributed by atoms with Gasteiger partial charge in [-0.15, -0.1) is 0 Å². The fourth-order valence-electron chi connectivity index (χ4n) is 7.54. The first kappa shape index (κ1) is 35.8. The molecule has 0 aliphatic heterocycles. The minimum Gasteiger partial charge on any atom is -0.423 e. The summed E-state index contributed by atoms with van der Waals surface area (Å²) in [6.07, 6.45) is 4.14. The van der Waals surface area contributed by atoms with Crippen molar-refractivity contribution in [1.29, 1.82) is 0 Å². The molecule has 0 fully saturated rings. The van der Waals surface area contributed by atoms with Gasteiger partial charge in [-0.3, -0.25) is 9.80 Å². The molecule has 7 aromatic carbocycles. The smallest absolute Gasteiger partial charge is 0.423 e. The van der Waals surface area contributed by atoms with Crippen LogP contribution in [-0.4, -0.2) is 48.8 Å². The van der Waals surface area contributed by atoms with Gasteiger partial charge in [-0.2, -0.15) is 0 Å². The van der Waals surface area contributed by atoms with Gasteiger partial charge in [0.1, 0.15) is 0 Å². The Morgan fingerprint density at radius 2 is 1.23 bits per heavy atom. The number of rotatable bonds is 17. The van der Waals surface area contributed by atoms with Gasteiger partial charge in [-0.1, -0.05) is 128 Å². The lowest BCUT2D eigenvalue weighted by molar-refractivity contribution is 0.239. The standard InChI is InChI=1S/C44H43BN2O4S/c48-45(49)41-19-8-6-15-38(41)31-47(30-37-24-23-36-22-21-34-17-12-18-35-25-26-40(37)44(36)43(34)35)28-11-2-1-10-27-46(29-33-13-4-3-5-14-33)32-39-16-7-9-20-42(39)52(50)51/h3-9,13-16,18-26,48-49H,1-2,10-11,27-32H2,(H,50,51). The van der Waals surface area contributed by atoms with Crippen molar-refractivity contribution in [2.75, 3.05) is 13.1 Å².